The van der Waals surface area contributed by atoms with Crippen molar-refractivity contribution in [3.63, 3.8) is 0 Å². The van der Waals surface area contributed by atoms with Crippen LogP contribution in [0.3, 0.4) is 0 Å². The molecule has 1 amide bonds. The molecule has 16 heavy (non-hydrogen) atoms. The van der Waals surface area contributed by atoms with Crippen LogP contribution in [0.15, 0.2) is 18.2 Å². The maximum absolute atomic E-state index is 11.2. The summed E-state index contributed by atoms with van der Waals surface area (Å²) in [5.41, 5.74) is 12.7. The van der Waals surface area contributed by atoms with Crippen LogP contribution in [0.2, 0.25) is 0 Å². The van der Waals surface area contributed by atoms with Crippen molar-refractivity contribution in [2.24, 2.45) is 17.6 Å². The molecule has 0 saturated heterocycles. The summed E-state index contributed by atoms with van der Waals surface area (Å²) in [6.45, 7) is 3.12. The van der Waals surface area contributed by atoms with Crippen molar-refractivity contribution in [2.45, 2.75) is 13.3 Å². The molecule has 0 radical (unpaired) electrons. The van der Waals surface area contributed by atoms with E-state index in [0.717, 1.165) is 24.1 Å². The van der Waals surface area contributed by atoms with Crippen LogP contribution in [0.5, 0.6) is 0 Å². The molecule has 0 aromatic heterocycles. The van der Waals surface area contributed by atoms with Crippen molar-refractivity contribution in [3.8, 4) is 0 Å². The molecule has 2 unspecified atom stereocenters. The summed E-state index contributed by atoms with van der Waals surface area (Å²) in [4.78, 5) is 11.2. The highest BCUT2D eigenvalue weighted by molar-refractivity contribution is 5.99. The number of carbonyl (C=O) groups is 1. The Morgan fingerprint density at radius 2 is 2.25 bits per heavy atom. The molecule has 0 heterocycles. The fourth-order valence-electron chi connectivity index (χ4n) is 1.84. The summed E-state index contributed by atoms with van der Waals surface area (Å²) in [7, 11) is 0. The zero-order valence-electron chi connectivity index (χ0n) is 9.36. The molecule has 2 atom stereocenters. The zero-order chi connectivity index (χ0) is 11.7. The topological polar surface area (TPSA) is 81.1 Å². The number of hydrogen-bond donors (Lipinski definition) is 3. The van der Waals surface area contributed by atoms with E-state index in [9.17, 15) is 4.79 Å². The molecule has 1 saturated carbocycles. The van der Waals surface area contributed by atoms with E-state index in [1.807, 2.05) is 6.07 Å². The first-order chi connectivity index (χ1) is 7.58. The van der Waals surface area contributed by atoms with Gasteiger partial charge in [-0.25, -0.2) is 0 Å². The number of primary amides is 1. The van der Waals surface area contributed by atoms with Gasteiger partial charge in [-0.15, -0.1) is 0 Å². The standard InChI is InChI=1S/C12H17N3O/c1-7-4-8(7)6-15-11-3-2-9(13)5-10(11)12(14)16/h2-3,5,7-8,15H,4,6,13H2,1H3,(H2,14,16). The Morgan fingerprint density at radius 3 is 2.81 bits per heavy atom. The van der Waals surface area contributed by atoms with Gasteiger partial charge in [0.05, 0.1) is 5.56 Å². The molecule has 5 N–H and O–H groups in total. The van der Waals surface area contributed by atoms with Crippen molar-refractivity contribution in [2.75, 3.05) is 17.6 Å². The van der Waals surface area contributed by atoms with E-state index in [2.05, 4.69) is 12.2 Å². The molecule has 1 fully saturated rings. The highest BCUT2D eigenvalue weighted by atomic mass is 16.1. The van der Waals surface area contributed by atoms with Gasteiger partial charge in [0, 0.05) is 17.9 Å². The Kier molecular flexibility index (Phi) is 2.73. The smallest absolute Gasteiger partial charge is 0.250 e. The van der Waals surface area contributed by atoms with Gasteiger partial charge in [-0.1, -0.05) is 6.92 Å². The second-order valence-corrected chi connectivity index (χ2v) is 4.52. The van der Waals surface area contributed by atoms with E-state index in [1.54, 1.807) is 12.1 Å². The van der Waals surface area contributed by atoms with E-state index in [-0.39, 0.29) is 0 Å². The Balaban J connectivity index is 2.09. The maximum atomic E-state index is 11.2. The minimum atomic E-state index is -0.446. The first-order valence-corrected chi connectivity index (χ1v) is 5.51. The molecule has 1 aliphatic rings. The van der Waals surface area contributed by atoms with Crippen LogP contribution < -0.4 is 16.8 Å². The van der Waals surface area contributed by atoms with Gasteiger partial charge in [0.2, 0.25) is 0 Å². The van der Waals surface area contributed by atoms with Crippen LogP contribution in [0, 0.1) is 11.8 Å². The summed E-state index contributed by atoms with van der Waals surface area (Å²) in [5.74, 6) is 1.07. The largest absolute Gasteiger partial charge is 0.399 e. The maximum Gasteiger partial charge on any atom is 0.250 e. The van der Waals surface area contributed by atoms with E-state index < -0.39 is 5.91 Å². The lowest BCUT2D eigenvalue weighted by molar-refractivity contribution is 0.100. The number of carbonyl (C=O) groups excluding carboxylic acids is 1. The molecule has 0 spiro atoms. The quantitative estimate of drug-likeness (QED) is 0.670. The molecule has 1 aromatic carbocycles. The number of nitrogens with one attached hydrogen (secondary N) is 1. The molecule has 0 bridgehead atoms. The molecule has 4 nitrogen and oxygen atoms in total. The lowest BCUT2D eigenvalue weighted by Gasteiger charge is -2.10. The highest BCUT2D eigenvalue weighted by Crippen LogP contribution is 2.37. The number of nitrogen functional groups attached to an aromatic ring is 1. The Hall–Kier alpha value is -1.71. The Labute approximate surface area is 95.0 Å². The van der Waals surface area contributed by atoms with Gasteiger partial charge in [-0.05, 0) is 36.5 Å². The van der Waals surface area contributed by atoms with Crippen LogP contribution in [0.4, 0.5) is 11.4 Å². The minimum absolute atomic E-state index is 0.446. The summed E-state index contributed by atoms with van der Waals surface area (Å²) < 4.78 is 0. The van der Waals surface area contributed by atoms with Crippen molar-refractivity contribution in [1.29, 1.82) is 0 Å². The van der Waals surface area contributed by atoms with E-state index in [0.29, 0.717) is 11.3 Å². The normalized spacial score (nSPS) is 22.8. The molecule has 2 rings (SSSR count). The average Bonchev–Trinajstić information content (AvgIpc) is 2.92. The Bertz CT molecular complexity index is 417. The van der Waals surface area contributed by atoms with Crippen molar-refractivity contribution < 1.29 is 4.79 Å². The third kappa shape index (κ3) is 2.27. The van der Waals surface area contributed by atoms with Gasteiger partial charge in [0.25, 0.3) is 5.91 Å². The van der Waals surface area contributed by atoms with E-state index in [1.165, 1.54) is 6.42 Å². The third-order valence-electron chi connectivity index (χ3n) is 3.14. The second-order valence-electron chi connectivity index (χ2n) is 4.52. The molecule has 86 valence electrons. The van der Waals surface area contributed by atoms with Crippen LogP contribution >= 0.6 is 0 Å². The van der Waals surface area contributed by atoms with Crippen molar-refractivity contribution in [3.05, 3.63) is 23.8 Å². The lowest BCUT2D eigenvalue weighted by Crippen LogP contribution is -2.16. The first kappa shape index (κ1) is 10.8. The van der Waals surface area contributed by atoms with Crippen LogP contribution in [0.25, 0.3) is 0 Å². The first-order valence-electron chi connectivity index (χ1n) is 5.51. The SMILES string of the molecule is CC1CC1CNc1ccc(N)cc1C(N)=O. The van der Waals surface area contributed by atoms with Gasteiger partial charge in [0.15, 0.2) is 0 Å². The van der Waals surface area contributed by atoms with E-state index in [4.69, 9.17) is 11.5 Å². The fourth-order valence-corrected chi connectivity index (χ4v) is 1.84. The number of amides is 1. The van der Waals surface area contributed by atoms with Gasteiger partial charge in [0.1, 0.15) is 0 Å². The van der Waals surface area contributed by atoms with Crippen LogP contribution in [-0.2, 0) is 0 Å². The molecular formula is C12H17N3O. The van der Waals surface area contributed by atoms with Crippen LogP contribution in [-0.4, -0.2) is 12.5 Å². The number of rotatable bonds is 4. The minimum Gasteiger partial charge on any atom is -0.399 e. The molecule has 0 aliphatic heterocycles. The monoisotopic (exact) mass is 219 g/mol. The van der Waals surface area contributed by atoms with Crippen molar-refractivity contribution >= 4 is 17.3 Å². The highest BCUT2D eigenvalue weighted by Gasteiger charge is 2.32. The van der Waals surface area contributed by atoms with E-state index >= 15 is 0 Å². The number of anilines is 2. The van der Waals surface area contributed by atoms with Gasteiger partial charge in [-0.3, -0.25) is 4.79 Å². The number of hydrogen-bond acceptors (Lipinski definition) is 3. The molecule has 1 aliphatic carbocycles. The summed E-state index contributed by atoms with van der Waals surface area (Å²) >= 11 is 0. The molecule has 1 aromatic rings. The fraction of sp³-hybridized carbons (Fsp3) is 0.417. The Morgan fingerprint density at radius 1 is 1.56 bits per heavy atom. The predicted octanol–water partition coefficient (Wildman–Crippen LogP) is 1.44. The van der Waals surface area contributed by atoms with Gasteiger partial charge in [-0.2, -0.15) is 0 Å². The zero-order valence-corrected chi connectivity index (χ0v) is 9.36. The van der Waals surface area contributed by atoms with Gasteiger partial charge >= 0.3 is 0 Å². The summed E-state index contributed by atoms with van der Waals surface area (Å²) in [5, 5.41) is 3.26. The average molecular weight is 219 g/mol. The molecule has 4 heteroatoms. The van der Waals surface area contributed by atoms with Gasteiger partial charge < -0.3 is 16.8 Å². The van der Waals surface area contributed by atoms with Crippen molar-refractivity contribution in [1.82, 2.24) is 0 Å². The molecular weight excluding hydrogens is 202 g/mol. The second kappa shape index (κ2) is 4.04. The third-order valence-corrected chi connectivity index (χ3v) is 3.14. The summed E-state index contributed by atoms with van der Waals surface area (Å²) in [6, 6.07) is 5.19. The predicted molar refractivity (Wildman–Crippen MR) is 65.1 cm³/mol. The van der Waals surface area contributed by atoms with Crippen LogP contribution in [0.1, 0.15) is 23.7 Å². The number of benzene rings is 1. The number of nitrogens with two attached hydrogens (primary N) is 2. The lowest BCUT2D eigenvalue weighted by atomic mass is 10.1. The summed E-state index contributed by atoms with van der Waals surface area (Å²) in [6.07, 6.45) is 1.26.